The van der Waals surface area contributed by atoms with E-state index in [0.29, 0.717) is 0 Å². The van der Waals surface area contributed by atoms with Crippen molar-refractivity contribution < 1.29 is 26.9 Å². The second-order valence-corrected chi connectivity index (χ2v) is 15.3. The SMILES string of the molecule is CC(C)(C)[Si](C)(C)O[C@@H]1CN(S(C)(=O)=O)C[C@H]1Oc1cc(F)ccc1[N+](=O)[O-]. The summed E-state index contributed by atoms with van der Waals surface area (Å²) in [6.07, 6.45) is -0.313. The molecule has 2 atom stereocenters. The lowest BCUT2D eigenvalue weighted by Crippen LogP contribution is -2.48. The molecule has 0 aromatic heterocycles. The van der Waals surface area contributed by atoms with Crippen molar-refractivity contribution in [2.75, 3.05) is 19.3 Å². The highest BCUT2D eigenvalue weighted by Crippen LogP contribution is 2.39. The van der Waals surface area contributed by atoms with Crippen LogP contribution in [0.1, 0.15) is 20.8 Å². The summed E-state index contributed by atoms with van der Waals surface area (Å²) < 4.78 is 51.0. The van der Waals surface area contributed by atoms with Gasteiger partial charge in [-0.2, -0.15) is 4.31 Å². The first-order chi connectivity index (χ1) is 12.6. The number of sulfonamides is 1. The van der Waals surface area contributed by atoms with Crippen LogP contribution in [-0.2, 0) is 14.4 Å². The minimum absolute atomic E-state index is 0.0220. The third-order valence-corrected chi connectivity index (χ3v) is 11.0. The molecule has 0 saturated carbocycles. The van der Waals surface area contributed by atoms with Crippen LogP contribution in [0.2, 0.25) is 18.1 Å². The van der Waals surface area contributed by atoms with Crippen LogP contribution >= 0.6 is 0 Å². The fourth-order valence-electron chi connectivity index (χ4n) is 2.66. The molecule has 0 spiro atoms. The van der Waals surface area contributed by atoms with E-state index in [4.69, 9.17) is 9.16 Å². The topological polar surface area (TPSA) is 99.0 Å². The van der Waals surface area contributed by atoms with Gasteiger partial charge in [-0.05, 0) is 24.2 Å². The van der Waals surface area contributed by atoms with Crippen LogP contribution in [0.15, 0.2) is 18.2 Å². The Labute approximate surface area is 166 Å². The van der Waals surface area contributed by atoms with Crippen LogP contribution in [-0.4, -0.2) is 57.5 Å². The van der Waals surface area contributed by atoms with Crippen LogP contribution < -0.4 is 4.74 Å². The largest absolute Gasteiger partial charge is 0.479 e. The molecule has 8 nitrogen and oxygen atoms in total. The van der Waals surface area contributed by atoms with Crippen LogP contribution in [0.4, 0.5) is 10.1 Å². The van der Waals surface area contributed by atoms with Gasteiger partial charge < -0.3 is 9.16 Å². The summed E-state index contributed by atoms with van der Waals surface area (Å²) in [5.41, 5.74) is -0.384. The summed E-state index contributed by atoms with van der Waals surface area (Å²) in [5.74, 6) is -0.922. The van der Waals surface area contributed by atoms with Crippen LogP contribution in [0.25, 0.3) is 0 Å². The summed E-state index contributed by atoms with van der Waals surface area (Å²) in [4.78, 5) is 10.6. The fourth-order valence-corrected chi connectivity index (χ4v) is 4.83. The molecule has 1 fully saturated rings. The molecule has 1 saturated heterocycles. The smallest absolute Gasteiger partial charge is 0.311 e. The second-order valence-electron chi connectivity index (χ2n) is 8.52. The Bertz CT molecular complexity index is 856. The highest BCUT2D eigenvalue weighted by Gasteiger charge is 2.46. The molecule has 11 heteroatoms. The molecule has 2 rings (SSSR count). The predicted octanol–water partition coefficient (Wildman–Crippen LogP) is 3.15. The van der Waals surface area contributed by atoms with Crippen molar-refractivity contribution in [2.45, 2.75) is 51.1 Å². The van der Waals surface area contributed by atoms with Crippen LogP contribution in [0.3, 0.4) is 0 Å². The van der Waals surface area contributed by atoms with E-state index in [9.17, 15) is 22.9 Å². The molecule has 0 bridgehead atoms. The summed E-state index contributed by atoms with van der Waals surface area (Å²) in [5, 5.41) is 11.1. The Morgan fingerprint density at radius 2 is 1.82 bits per heavy atom. The normalized spacial score (nSPS) is 21.7. The highest BCUT2D eigenvalue weighted by atomic mass is 32.2. The predicted molar refractivity (Wildman–Crippen MR) is 106 cm³/mol. The van der Waals surface area contributed by atoms with Gasteiger partial charge in [0.25, 0.3) is 0 Å². The van der Waals surface area contributed by atoms with Gasteiger partial charge in [-0.3, -0.25) is 10.1 Å². The van der Waals surface area contributed by atoms with Gasteiger partial charge in [0.15, 0.2) is 14.1 Å². The lowest BCUT2D eigenvalue weighted by Gasteiger charge is -2.39. The van der Waals surface area contributed by atoms with Gasteiger partial charge in [0.05, 0.1) is 23.8 Å². The maximum atomic E-state index is 13.6. The third-order valence-electron chi connectivity index (χ3n) is 5.30. The minimum atomic E-state index is -3.51. The van der Waals surface area contributed by atoms with E-state index in [1.54, 1.807) is 0 Å². The van der Waals surface area contributed by atoms with Gasteiger partial charge in [0, 0.05) is 18.7 Å². The van der Waals surface area contributed by atoms with Crippen LogP contribution in [0, 0.1) is 15.9 Å². The first-order valence-corrected chi connectivity index (χ1v) is 13.6. The number of nitro groups is 1. The molecule has 1 heterocycles. The third kappa shape index (κ3) is 5.07. The number of hydrogen-bond donors (Lipinski definition) is 0. The molecule has 1 aromatic carbocycles. The van der Waals surface area contributed by atoms with E-state index < -0.39 is 41.3 Å². The summed E-state index contributed by atoms with van der Waals surface area (Å²) in [6, 6.07) is 2.94. The highest BCUT2D eigenvalue weighted by molar-refractivity contribution is 7.88. The van der Waals surface area contributed by atoms with Gasteiger partial charge in [-0.1, -0.05) is 20.8 Å². The average molecular weight is 435 g/mol. The van der Waals surface area contributed by atoms with Crippen molar-refractivity contribution >= 4 is 24.0 Å². The van der Waals surface area contributed by atoms with Crippen molar-refractivity contribution in [2.24, 2.45) is 0 Å². The van der Waals surface area contributed by atoms with Crippen molar-refractivity contribution in [3.8, 4) is 5.75 Å². The fraction of sp³-hybridized carbons (Fsp3) is 0.647. The van der Waals surface area contributed by atoms with Crippen molar-refractivity contribution in [1.29, 1.82) is 0 Å². The lowest BCUT2D eigenvalue weighted by atomic mass is 10.2. The molecule has 28 heavy (non-hydrogen) atoms. The zero-order chi connectivity index (χ0) is 21.5. The van der Waals surface area contributed by atoms with Crippen molar-refractivity contribution in [3.05, 3.63) is 34.1 Å². The summed E-state index contributed by atoms with van der Waals surface area (Å²) in [7, 11) is -5.78. The zero-order valence-corrected chi connectivity index (χ0v) is 18.7. The molecule has 0 unspecified atom stereocenters. The first kappa shape index (κ1) is 22.7. The van der Waals surface area contributed by atoms with E-state index >= 15 is 0 Å². The first-order valence-electron chi connectivity index (χ1n) is 8.85. The molecule has 0 aliphatic carbocycles. The number of halogens is 1. The van der Waals surface area contributed by atoms with Gasteiger partial charge in [0.1, 0.15) is 11.9 Å². The molecular formula is C17H27FN2O6SSi. The van der Waals surface area contributed by atoms with Gasteiger partial charge in [-0.15, -0.1) is 0 Å². The molecule has 1 aromatic rings. The number of hydrogen-bond acceptors (Lipinski definition) is 6. The van der Waals surface area contributed by atoms with E-state index in [-0.39, 0.29) is 29.6 Å². The van der Waals surface area contributed by atoms with E-state index in [0.717, 1.165) is 24.5 Å². The van der Waals surface area contributed by atoms with Gasteiger partial charge in [0.2, 0.25) is 10.0 Å². The Kier molecular flexibility index (Phi) is 6.24. The molecule has 1 aliphatic rings. The standard InChI is InChI=1S/C17H27FN2O6SSi/c1-17(2,3)28(5,6)26-16-11-19(27(4,23)24)10-15(16)25-14-9-12(18)7-8-13(14)20(21)22/h7-9,15-16H,10-11H2,1-6H3/t15-,16-/m1/s1. The number of benzene rings is 1. The molecule has 0 N–H and O–H groups in total. The molecule has 158 valence electrons. The maximum absolute atomic E-state index is 13.6. The quantitative estimate of drug-likeness (QED) is 0.387. The van der Waals surface area contributed by atoms with E-state index in [1.165, 1.54) is 4.31 Å². The van der Waals surface area contributed by atoms with Gasteiger partial charge in [-0.25, -0.2) is 12.8 Å². The Balaban J connectivity index is 2.36. The monoisotopic (exact) mass is 434 g/mol. The van der Waals surface area contributed by atoms with Gasteiger partial charge >= 0.3 is 5.69 Å². The Morgan fingerprint density at radius 3 is 2.32 bits per heavy atom. The summed E-state index contributed by atoms with van der Waals surface area (Å²) in [6.45, 7) is 10.3. The Hall–Kier alpha value is -1.56. The molecular weight excluding hydrogens is 407 g/mol. The van der Waals surface area contributed by atoms with E-state index in [1.807, 2.05) is 13.1 Å². The zero-order valence-electron chi connectivity index (χ0n) is 16.9. The second kappa shape index (κ2) is 7.69. The average Bonchev–Trinajstić information content (AvgIpc) is 2.88. The molecule has 0 amide bonds. The number of nitrogens with zero attached hydrogens (tertiary/aromatic N) is 2. The lowest BCUT2D eigenvalue weighted by molar-refractivity contribution is -0.386. The molecule has 1 aliphatic heterocycles. The number of ether oxygens (including phenoxy) is 1. The number of nitro benzene ring substituents is 1. The minimum Gasteiger partial charge on any atom is -0.479 e. The molecule has 0 radical (unpaired) electrons. The van der Waals surface area contributed by atoms with Crippen molar-refractivity contribution in [1.82, 2.24) is 4.31 Å². The maximum Gasteiger partial charge on any atom is 0.311 e. The summed E-state index contributed by atoms with van der Waals surface area (Å²) >= 11 is 0. The van der Waals surface area contributed by atoms with E-state index in [2.05, 4.69) is 20.8 Å². The van der Waals surface area contributed by atoms with Crippen LogP contribution in [0.5, 0.6) is 5.75 Å². The number of rotatable bonds is 6. The van der Waals surface area contributed by atoms with Crippen molar-refractivity contribution in [3.63, 3.8) is 0 Å². The Morgan fingerprint density at radius 1 is 1.25 bits per heavy atom.